The fraction of sp³-hybridized carbons (Fsp3) is 0.933. The van der Waals surface area contributed by atoms with Crippen LogP contribution in [0.1, 0.15) is 45.4 Å². The molecule has 1 atom stereocenters. The molecule has 2 N–H and O–H groups in total. The molecule has 2 rings (SSSR count). The quantitative estimate of drug-likeness (QED) is 0.698. The van der Waals surface area contributed by atoms with E-state index in [0.29, 0.717) is 12.6 Å². The van der Waals surface area contributed by atoms with Crippen molar-refractivity contribution in [3.05, 3.63) is 0 Å². The smallest absolute Gasteiger partial charge is 0.234 e. The van der Waals surface area contributed by atoms with Crippen molar-refractivity contribution in [3.63, 3.8) is 0 Å². The monoisotopic (exact) mass is 267 g/mol. The summed E-state index contributed by atoms with van der Waals surface area (Å²) in [6.45, 7) is 6.82. The number of carbonyl (C=O) groups is 1. The van der Waals surface area contributed by atoms with Gasteiger partial charge in [-0.3, -0.25) is 9.69 Å². The second kappa shape index (κ2) is 7.85. The Morgan fingerprint density at radius 1 is 1.32 bits per heavy atom. The average molecular weight is 267 g/mol. The van der Waals surface area contributed by atoms with Crippen molar-refractivity contribution >= 4 is 5.91 Å². The number of nitrogens with one attached hydrogen (secondary N) is 2. The van der Waals surface area contributed by atoms with Crippen molar-refractivity contribution in [3.8, 4) is 0 Å². The number of piperidine rings is 1. The summed E-state index contributed by atoms with van der Waals surface area (Å²) in [4.78, 5) is 14.2. The average Bonchev–Trinajstić information content (AvgIpc) is 3.22. The van der Waals surface area contributed by atoms with Gasteiger partial charge < -0.3 is 10.6 Å². The third kappa shape index (κ3) is 5.91. The summed E-state index contributed by atoms with van der Waals surface area (Å²) in [5, 5.41) is 6.64. The molecule has 0 bridgehead atoms. The standard InChI is InChI=1S/C15H29N3O/c1-2-9-18(11-14-5-3-4-8-16-14)12-15(19)17-10-13-6-7-13/h13-14,16H,2-12H2,1H3,(H,17,19). The maximum absolute atomic E-state index is 11.9. The predicted octanol–water partition coefficient (Wildman–Crippen LogP) is 1.37. The van der Waals surface area contributed by atoms with Gasteiger partial charge in [0.2, 0.25) is 5.91 Å². The van der Waals surface area contributed by atoms with Gasteiger partial charge in [0.1, 0.15) is 0 Å². The predicted molar refractivity (Wildman–Crippen MR) is 78.1 cm³/mol. The SMILES string of the molecule is CCCN(CC(=O)NCC1CC1)CC1CCCCN1. The van der Waals surface area contributed by atoms with Crippen LogP contribution in [-0.2, 0) is 4.79 Å². The van der Waals surface area contributed by atoms with Crippen LogP contribution in [0.5, 0.6) is 0 Å². The second-order valence-electron chi connectivity index (χ2n) is 6.13. The molecule has 1 saturated carbocycles. The minimum Gasteiger partial charge on any atom is -0.355 e. The Morgan fingerprint density at radius 3 is 2.79 bits per heavy atom. The number of hydrogen-bond donors (Lipinski definition) is 2. The summed E-state index contributed by atoms with van der Waals surface area (Å²) in [6, 6.07) is 0.580. The lowest BCUT2D eigenvalue weighted by molar-refractivity contribution is -0.122. The number of amides is 1. The lowest BCUT2D eigenvalue weighted by Crippen LogP contribution is -2.47. The minimum absolute atomic E-state index is 0.205. The maximum atomic E-state index is 11.9. The van der Waals surface area contributed by atoms with Crippen LogP contribution in [0.4, 0.5) is 0 Å². The van der Waals surface area contributed by atoms with Crippen LogP contribution in [0.15, 0.2) is 0 Å². The molecular weight excluding hydrogens is 238 g/mol. The van der Waals surface area contributed by atoms with Crippen molar-refractivity contribution in [2.75, 3.05) is 32.7 Å². The third-order valence-corrected chi connectivity index (χ3v) is 4.08. The van der Waals surface area contributed by atoms with E-state index in [9.17, 15) is 4.79 Å². The van der Waals surface area contributed by atoms with Crippen LogP contribution >= 0.6 is 0 Å². The van der Waals surface area contributed by atoms with Crippen molar-refractivity contribution in [1.82, 2.24) is 15.5 Å². The molecule has 0 aromatic carbocycles. The number of hydrogen-bond acceptors (Lipinski definition) is 3. The summed E-state index contributed by atoms with van der Waals surface area (Å²) < 4.78 is 0. The van der Waals surface area contributed by atoms with Crippen molar-refractivity contribution < 1.29 is 4.79 Å². The molecule has 1 heterocycles. The van der Waals surface area contributed by atoms with Crippen LogP contribution in [0.25, 0.3) is 0 Å². The van der Waals surface area contributed by atoms with Gasteiger partial charge in [-0.1, -0.05) is 13.3 Å². The molecule has 2 fully saturated rings. The van der Waals surface area contributed by atoms with Crippen molar-refractivity contribution in [1.29, 1.82) is 0 Å². The molecule has 1 amide bonds. The van der Waals surface area contributed by atoms with E-state index in [4.69, 9.17) is 0 Å². The Balaban J connectivity index is 1.68. The molecule has 0 aromatic rings. The molecular formula is C15H29N3O. The summed E-state index contributed by atoms with van der Waals surface area (Å²) >= 11 is 0. The highest BCUT2D eigenvalue weighted by Crippen LogP contribution is 2.27. The van der Waals surface area contributed by atoms with Gasteiger partial charge in [-0.05, 0) is 51.1 Å². The summed E-state index contributed by atoms with van der Waals surface area (Å²) in [5.41, 5.74) is 0. The zero-order valence-corrected chi connectivity index (χ0v) is 12.3. The lowest BCUT2D eigenvalue weighted by atomic mass is 10.0. The van der Waals surface area contributed by atoms with Crippen LogP contribution < -0.4 is 10.6 Å². The first-order valence-electron chi connectivity index (χ1n) is 8.00. The molecule has 4 nitrogen and oxygen atoms in total. The zero-order valence-electron chi connectivity index (χ0n) is 12.3. The van der Waals surface area contributed by atoms with Gasteiger partial charge in [0.05, 0.1) is 6.54 Å². The van der Waals surface area contributed by atoms with Crippen molar-refractivity contribution in [2.24, 2.45) is 5.92 Å². The molecule has 1 saturated heterocycles. The fourth-order valence-electron chi connectivity index (χ4n) is 2.78. The minimum atomic E-state index is 0.205. The van der Waals surface area contributed by atoms with Gasteiger partial charge in [-0.15, -0.1) is 0 Å². The summed E-state index contributed by atoms with van der Waals surface area (Å²) in [5.74, 6) is 0.972. The van der Waals surface area contributed by atoms with Crippen molar-refractivity contribution in [2.45, 2.75) is 51.5 Å². The highest BCUT2D eigenvalue weighted by atomic mass is 16.2. The highest BCUT2D eigenvalue weighted by molar-refractivity contribution is 5.78. The molecule has 1 aliphatic heterocycles. The molecule has 4 heteroatoms. The Bertz CT molecular complexity index is 273. The Kier molecular flexibility index (Phi) is 6.11. The normalized spacial score (nSPS) is 23.6. The van der Waals surface area contributed by atoms with E-state index >= 15 is 0 Å². The van der Waals surface area contributed by atoms with Gasteiger partial charge in [-0.25, -0.2) is 0 Å². The Morgan fingerprint density at radius 2 is 2.16 bits per heavy atom. The van der Waals surface area contributed by atoms with E-state index < -0.39 is 0 Å². The van der Waals surface area contributed by atoms with E-state index in [-0.39, 0.29) is 5.91 Å². The largest absolute Gasteiger partial charge is 0.355 e. The molecule has 1 aliphatic carbocycles. The van der Waals surface area contributed by atoms with Gasteiger partial charge in [0, 0.05) is 19.1 Å². The Labute approximate surface area is 117 Å². The van der Waals surface area contributed by atoms with E-state index in [1.165, 1.54) is 32.1 Å². The number of nitrogens with zero attached hydrogens (tertiary/aromatic N) is 1. The second-order valence-corrected chi connectivity index (χ2v) is 6.13. The zero-order chi connectivity index (χ0) is 13.5. The summed E-state index contributed by atoms with van der Waals surface area (Å²) in [7, 11) is 0. The van der Waals surface area contributed by atoms with E-state index in [0.717, 1.165) is 38.5 Å². The molecule has 110 valence electrons. The third-order valence-electron chi connectivity index (χ3n) is 4.08. The molecule has 2 aliphatic rings. The topological polar surface area (TPSA) is 44.4 Å². The summed E-state index contributed by atoms with van der Waals surface area (Å²) in [6.07, 6.45) is 7.58. The molecule has 0 spiro atoms. The molecule has 1 unspecified atom stereocenters. The van der Waals surface area contributed by atoms with E-state index in [1.807, 2.05) is 0 Å². The van der Waals surface area contributed by atoms with Gasteiger partial charge >= 0.3 is 0 Å². The van der Waals surface area contributed by atoms with Gasteiger partial charge in [0.25, 0.3) is 0 Å². The molecule has 0 radical (unpaired) electrons. The first kappa shape index (κ1) is 14.8. The first-order valence-corrected chi connectivity index (χ1v) is 8.00. The van der Waals surface area contributed by atoms with E-state index in [1.54, 1.807) is 0 Å². The molecule has 19 heavy (non-hydrogen) atoms. The van der Waals surface area contributed by atoms with E-state index in [2.05, 4.69) is 22.5 Å². The van der Waals surface area contributed by atoms with Gasteiger partial charge in [-0.2, -0.15) is 0 Å². The Hall–Kier alpha value is -0.610. The number of carbonyl (C=O) groups excluding carboxylic acids is 1. The maximum Gasteiger partial charge on any atom is 0.234 e. The highest BCUT2D eigenvalue weighted by Gasteiger charge is 2.22. The number of rotatable bonds is 8. The van der Waals surface area contributed by atoms with Gasteiger partial charge in [0.15, 0.2) is 0 Å². The molecule has 0 aromatic heterocycles. The van der Waals surface area contributed by atoms with Crippen LogP contribution in [0.2, 0.25) is 0 Å². The van der Waals surface area contributed by atoms with Crippen LogP contribution in [-0.4, -0.2) is 49.6 Å². The van der Waals surface area contributed by atoms with Crippen LogP contribution in [0, 0.1) is 5.92 Å². The first-order chi connectivity index (χ1) is 9.28. The fourth-order valence-corrected chi connectivity index (χ4v) is 2.78. The lowest BCUT2D eigenvalue weighted by Gasteiger charge is -2.30. The van der Waals surface area contributed by atoms with Crippen LogP contribution in [0.3, 0.4) is 0 Å².